The lowest BCUT2D eigenvalue weighted by molar-refractivity contribution is -0.130. The van der Waals surface area contributed by atoms with Crippen molar-refractivity contribution in [2.75, 3.05) is 52.1 Å². The number of thioether (sulfide) groups is 1. The Balaban J connectivity index is 4.47. The van der Waals surface area contributed by atoms with Gasteiger partial charge in [0.15, 0.2) is 0 Å². The molecule has 0 aliphatic carbocycles. The van der Waals surface area contributed by atoms with Crippen molar-refractivity contribution in [3.63, 3.8) is 0 Å². The van der Waals surface area contributed by atoms with Crippen LogP contribution in [-0.2, 0) is 33.3 Å². The van der Waals surface area contributed by atoms with Crippen LogP contribution < -0.4 is 16.4 Å². The molecule has 0 aliphatic rings. The molecule has 3 atom stereocenters. The lowest BCUT2D eigenvalue weighted by atomic mass is 10.2. The number of hydrogen-bond donors (Lipinski definition) is 4. The first-order chi connectivity index (χ1) is 16.1. The van der Waals surface area contributed by atoms with E-state index in [9.17, 15) is 24.3 Å². The standard InChI is InChI=1S/C20H37N3O10S/c1-13(2)31-9-7-22-18(26)16(10-24)23-17(25)15(21)12-34-11-14(33-20(28)30-4)6-5-8-32-19(27)29-3/h13-16,24H,5-12,21H2,1-4H3,(H,22,26)(H,23,25)/t14-,15+,16+/m1/s1. The van der Waals surface area contributed by atoms with Gasteiger partial charge >= 0.3 is 12.3 Å². The molecule has 0 unspecified atom stereocenters. The van der Waals surface area contributed by atoms with Crippen molar-refractivity contribution in [1.82, 2.24) is 10.6 Å². The first kappa shape index (κ1) is 31.7. The molecule has 0 saturated carbocycles. The maximum Gasteiger partial charge on any atom is 0.508 e. The van der Waals surface area contributed by atoms with Crippen molar-refractivity contribution in [1.29, 1.82) is 0 Å². The van der Waals surface area contributed by atoms with Crippen LogP contribution in [0.4, 0.5) is 9.59 Å². The van der Waals surface area contributed by atoms with Gasteiger partial charge in [-0.05, 0) is 26.7 Å². The molecule has 14 heteroatoms. The molecule has 0 aromatic rings. The molecular formula is C20H37N3O10S. The van der Waals surface area contributed by atoms with E-state index in [2.05, 4.69) is 20.1 Å². The molecule has 0 saturated heterocycles. The molecule has 34 heavy (non-hydrogen) atoms. The third-order valence-corrected chi connectivity index (χ3v) is 5.29. The first-order valence-electron chi connectivity index (χ1n) is 10.7. The van der Waals surface area contributed by atoms with Gasteiger partial charge in [0, 0.05) is 18.1 Å². The van der Waals surface area contributed by atoms with E-state index < -0.39 is 48.9 Å². The summed E-state index contributed by atoms with van der Waals surface area (Å²) in [6.07, 6.45) is -1.45. The van der Waals surface area contributed by atoms with Crippen molar-refractivity contribution >= 4 is 35.9 Å². The Morgan fingerprint density at radius 1 is 1.00 bits per heavy atom. The van der Waals surface area contributed by atoms with Crippen LogP contribution in [0.25, 0.3) is 0 Å². The average Bonchev–Trinajstić information content (AvgIpc) is 2.81. The van der Waals surface area contributed by atoms with Crippen LogP contribution in [0.2, 0.25) is 0 Å². The second-order valence-electron chi connectivity index (χ2n) is 7.24. The summed E-state index contributed by atoms with van der Waals surface area (Å²) >= 11 is 1.25. The van der Waals surface area contributed by atoms with E-state index in [0.717, 1.165) is 0 Å². The Labute approximate surface area is 203 Å². The minimum atomic E-state index is -1.15. The smallest absolute Gasteiger partial charge is 0.438 e. The minimum absolute atomic E-state index is 0.0200. The SMILES string of the molecule is COC(=O)OCCC[C@H](CSC[C@H](N)C(=O)N[C@@H](CO)C(=O)NCCOC(C)C)OC(=O)OC. The van der Waals surface area contributed by atoms with E-state index >= 15 is 0 Å². The van der Waals surface area contributed by atoms with Gasteiger partial charge in [-0.1, -0.05) is 0 Å². The Hall–Kier alpha value is -2.29. The van der Waals surface area contributed by atoms with Gasteiger partial charge in [0.25, 0.3) is 0 Å². The third kappa shape index (κ3) is 15.5. The number of methoxy groups -OCH3 is 2. The molecule has 0 aromatic heterocycles. The summed E-state index contributed by atoms with van der Waals surface area (Å²) in [4.78, 5) is 46.8. The molecule has 0 heterocycles. The molecule has 0 fully saturated rings. The van der Waals surface area contributed by atoms with Gasteiger partial charge in [-0.15, -0.1) is 0 Å². The molecular weight excluding hydrogens is 474 g/mol. The summed E-state index contributed by atoms with van der Waals surface area (Å²) in [5.74, 6) is -0.706. The number of amides is 2. The summed E-state index contributed by atoms with van der Waals surface area (Å²) in [6, 6.07) is -2.12. The molecule has 0 spiro atoms. The fourth-order valence-corrected chi connectivity index (χ4v) is 3.39. The van der Waals surface area contributed by atoms with Crippen molar-refractivity contribution in [3.8, 4) is 0 Å². The number of carbonyl (C=O) groups is 4. The van der Waals surface area contributed by atoms with Gasteiger partial charge in [0.05, 0.1) is 46.2 Å². The lowest BCUT2D eigenvalue weighted by Gasteiger charge is -2.20. The predicted molar refractivity (Wildman–Crippen MR) is 123 cm³/mol. The fourth-order valence-electron chi connectivity index (χ4n) is 2.35. The highest BCUT2D eigenvalue weighted by Gasteiger charge is 2.24. The lowest BCUT2D eigenvalue weighted by Crippen LogP contribution is -2.54. The van der Waals surface area contributed by atoms with E-state index in [1.54, 1.807) is 0 Å². The zero-order valence-electron chi connectivity index (χ0n) is 20.1. The fraction of sp³-hybridized carbons (Fsp3) is 0.800. The second kappa shape index (κ2) is 19.1. The minimum Gasteiger partial charge on any atom is -0.438 e. The maximum absolute atomic E-state index is 12.3. The van der Waals surface area contributed by atoms with Crippen LogP contribution in [0.15, 0.2) is 0 Å². The van der Waals surface area contributed by atoms with E-state index in [-0.39, 0.29) is 25.0 Å². The average molecular weight is 512 g/mol. The van der Waals surface area contributed by atoms with E-state index in [4.69, 9.17) is 19.9 Å². The van der Waals surface area contributed by atoms with Gasteiger partial charge in [0.2, 0.25) is 11.8 Å². The van der Waals surface area contributed by atoms with E-state index in [1.165, 1.54) is 26.0 Å². The number of aliphatic hydroxyl groups excluding tert-OH is 1. The van der Waals surface area contributed by atoms with Gasteiger partial charge < -0.3 is 45.2 Å². The number of nitrogens with two attached hydrogens (primary N) is 1. The van der Waals surface area contributed by atoms with Crippen LogP contribution in [0, 0.1) is 0 Å². The third-order valence-electron chi connectivity index (χ3n) is 4.09. The van der Waals surface area contributed by atoms with Crippen LogP contribution in [0.5, 0.6) is 0 Å². The molecule has 0 radical (unpaired) electrons. The molecule has 0 aromatic carbocycles. The van der Waals surface area contributed by atoms with Crippen molar-refractivity contribution in [3.05, 3.63) is 0 Å². The Bertz CT molecular complexity index is 623. The number of nitrogens with one attached hydrogen (secondary N) is 2. The van der Waals surface area contributed by atoms with Crippen molar-refractivity contribution in [2.24, 2.45) is 5.73 Å². The summed E-state index contributed by atoms with van der Waals surface area (Å²) in [5.41, 5.74) is 5.89. The highest BCUT2D eigenvalue weighted by Crippen LogP contribution is 2.13. The molecule has 0 bridgehead atoms. The molecule has 0 aliphatic heterocycles. The van der Waals surface area contributed by atoms with E-state index in [0.29, 0.717) is 25.2 Å². The van der Waals surface area contributed by atoms with Crippen molar-refractivity contribution < 1.29 is 48.0 Å². The van der Waals surface area contributed by atoms with Crippen LogP contribution >= 0.6 is 11.8 Å². The normalized spacial score (nSPS) is 13.4. The number of carbonyl (C=O) groups excluding carboxylic acids is 4. The Kier molecular flexibility index (Phi) is 17.8. The molecule has 0 rings (SSSR count). The van der Waals surface area contributed by atoms with Crippen LogP contribution in [0.1, 0.15) is 26.7 Å². The summed E-state index contributed by atoms with van der Waals surface area (Å²) in [5, 5.41) is 14.4. The van der Waals surface area contributed by atoms with Gasteiger partial charge in [0.1, 0.15) is 12.1 Å². The molecule has 13 nitrogen and oxygen atoms in total. The monoisotopic (exact) mass is 511 g/mol. The van der Waals surface area contributed by atoms with Gasteiger partial charge in [-0.25, -0.2) is 9.59 Å². The largest absolute Gasteiger partial charge is 0.508 e. The predicted octanol–water partition coefficient (Wildman–Crippen LogP) is -0.220. The van der Waals surface area contributed by atoms with Crippen molar-refractivity contribution in [2.45, 2.75) is 51.0 Å². The van der Waals surface area contributed by atoms with Gasteiger partial charge in [-0.3, -0.25) is 9.59 Å². The van der Waals surface area contributed by atoms with E-state index in [1.807, 2.05) is 13.8 Å². The number of rotatable bonds is 17. The first-order valence-corrected chi connectivity index (χ1v) is 11.9. The maximum atomic E-state index is 12.3. The number of aliphatic hydroxyl groups is 1. The topological polar surface area (TPSA) is 185 Å². The second-order valence-corrected chi connectivity index (χ2v) is 8.31. The highest BCUT2D eigenvalue weighted by molar-refractivity contribution is 7.99. The number of hydrogen-bond acceptors (Lipinski definition) is 12. The highest BCUT2D eigenvalue weighted by atomic mass is 32.2. The van der Waals surface area contributed by atoms with Crippen LogP contribution in [0.3, 0.4) is 0 Å². The Morgan fingerprint density at radius 3 is 2.26 bits per heavy atom. The molecule has 2 amide bonds. The van der Waals surface area contributed by atoms with Gasteiger partial charge in [-0.2, -0.15) is 11.8 Å². The molecule has 5 N–H and O–H groups in total. The Morgan fingerprint density at radius 2 is 1.68 bits per heavy atom. The summed E-state index contributed by atoms with van der Waals surface area (Å²) < 4.78 is 24.1. The number of ether oxygens (including phenoxy) is 5. The van der Waals surface area contributed by atoms with Crippen LogP contribution in [-0.4, -0.2) is 106 Å². The summed E-state index contributed by atoms with van der Waals surface area (Å²) in [6.45, 7) is 3.75. The molecule has 198 valence electrons. The zero-order valence-corrected chi connectivity index (χ0v) is 20.9. The zero-order chi connectivity index (χ0) is 25.9. The summed E-state index contributed by atoms with van der Waals surface area (Å²) in [7, 11) is 2.37. The quantitative estimate of drug-likeness (QED) is 0.149.